The first-order valence-corrected chi connectivity index (χ1v) is 8.48. The molecule has 0 bridgehead atoms. The molecule has 4 rings (SSSR count). The summed E-state index contributed by atoms with van der Waals surface area (Å²) in [6.45, 7) is 2.70. The third-order valence-electron chi connectivity index (χ3n) is 4.65. The fourth-order valence-electron chi connectivity index (χ4n) is 3.58. The lowest BCUT2D eigenvalue weighted by molar-refractivity contribution is -0.138. The number of hydrogen-bond acceptors (Lipinski definition) is 3. The molecule has 0 atom stereocenters. The van der Waals surface area contributed by atoms with E-state index < -0.39 is 5.97 Å². The molecule has 0 spiro atoms. The van der Waals surface area contributed by atoms with Crippen LogP contribution in [0.25, 0.3) is 27.8 Å². The Hall–Kier alpha value is -3.01. The van der Waals surface area contributed by atoms with Gasteiger partial charge in [0.05, 0.1) is 17.9 Å². The fraction of sp³-hybridized carbons (Fsp3) is 0.190. The number of esters is 1. The molecule has 0 unspecified atom stereocenters. The standard InChI is InChI=1S/C21H19NO3/c1-2-25-21(24)16-12-13-22-17-11-7-6-10-15(17)18(19(22)20(16)23)14-8-4-3-5-9-14/h3-11,23H,2,12-13H2,1H3. The average Bonchev–Trinajstić information content (AvgIpc) is 2.98. The first-order chi connectivity index (χ1) is 12.2. The number of aryl methyl sites for hydroxylation is 1. The van der Waals surface area contributed by atoms with Gasteiger partial charge in [-0.15, -0.1) is 0 Å². The van der Waals surface area contributed by atoms with Crippen LogP contribution in [0.3, 0.4) is 0 Å². The summed E-state index contributed by atoms with van der Waals surface area (Å²) in [5, 5.41) is 12.0. The van der Waals surface area contributed by atoms with E-state index in [1.54, 1.807) is 6.92 Å². The lowest BCUT2D eigenvalue weighted by atomic mass is 9.98. The molecule has 0 saturated carbocycles. The largest absolute Gasteiger partial charge is 0.505 e. The topological polar surface area (TPSA) is 51.5 Å². The Morgan fingerprint density at radius 1 is 1.12 bits per heavy atom. The summed E-state index contributed by atoms with van der Waals surface area (Å²) in [5.41, 5.74) is 4.08. The number of ether oxygens (including phenoxy) is 1. The van der Waals surface area contributed by atoms with Crippen LogP contribution in [0, 0.1) is 0 Å². The highest BCUT2D eigenvalue weighted by Crippen LogP contribution is 2.41. The molecule has 4 heteroatoms. The third kappa shape index (κ3) is 2.41. The minimum absolute atomic E-state index is 0.0275. The molecule has 0 aliphatic carbocycles. The molecule has 1 N–H and O–H groups in total. The van der Waals surface area contributed by atoms with Crippen molar-refractivity contribution in [3.8, 4) is 11.1 Å². The Morgan fingerprint density at radius 2 is 1.84 bits per heavy atom. The Kier molecular flexibility index (Phi) is 3.80. The van der Waals surface area contributed by atoms with Crippen molar-refractivity contribution in [3.05, 3.63) is 65.9 Å². The second-order valence-electron chi connectivity index (χ2n) is 6.06. The molecule has 126 valence electrons. The second kappa shape index (κ2) is 6.13. The van der Waals surface area contributed by atoms with Gasteiger partial charge < -0.3 is 14.4 Å². The first-order valence-electron chi connectivity index (χ1n) is 8.48. The van der Waals surface area contributed by atoms with E-state index in [-0.39, 0.29) is 5.76 Å². The Labute approximate surface area is 146 Å². The monoisotopic (exact) mass is 333 g/mol. The van der Waals surface area contributed by atoms with E-state index in [1.165, 1.54) is 0 Å². The number of hydrogen-bond donors (Lipinski definition) is 1. The number of benzene rings is 2. The fourth-order valence-corrected chi connectivity index (χ4v) is 3.58. The summed E-state index contributed by atoms with van der Waals surface area (Å²) in [7, 11) is 0. The Bertz CT molecular complexity index is 983. The van der Waals surface area contributed by atoms with Gasteiger partial charge in [-0.1, -0.05) is 48.5 Å². The van der Waals surface area contributed by atoms with Crippen LogP contribution >= 0.6 is 0 Å². The third-order valence-corrected chi connectivity index (χ3v) is 4.65. The summed E-state index contributed by atoms with van der Waals surface area (Å²) in [6.07, 6.45) is 0.463. The summed E-state index contributed by atoms with van der Waals surface area (Å²) < 4.78 is 7.21. The van der Waals surface area contributed by atoms with Gasteiger partial charge in [-0.25, -0.2) is 4.79 Å². The molecule has 1 aliphatic heterocycles. The van der Waals surface area contributed by atoms with Crippen LogP contribution in [0.4, 0.5) is 0 Å². The average molecular weight is 333 g/mol. The number of para-hydroxylation sites is 1. The van der Waals surface area contributed by atoms with Gasteiger partial charge in [0.2, 0.25) is 0 Å². The molecule has 4 nitrogen and oxygen atoms in total. The summed E-state index contributed by atoms with van der Waals surface area (Å²) in [6, 6.07) is 18.1. The number of aliphatic hydroxyl groups excluding tert-OH is 1. The zero-order valence-electron chi connectivity index (χ0n) is 14.0. The summed E-state index contributed by atoms with van der Waals surface area (Å²) in [4.78, 5) is 12.2. The maximum absolute atomic E-state index is 12.2. The Morgan fingerprint density at radius 3 is 2.60 bits per heavy atom. The molecule has 1 aromatic heterocycles. The normalized spacial score (nSPS) is 13.8. The van der Waals surface area contributed by atoms with E-state index in [9.17, 15) is 9.90 Å². The summed E-state index contributed by atoms with van der Waals surface area (Å²) >= 11 is 0. The molecule has 25 heavy (non-hydrogen) atoms. The van der Waals surface area contributed by atoms with Crippen molar-refractivity contribution >= 4 is 22.6 Å². The van der Waals surface area contributed by atoms with Crippen LogP contribution in [0.2, 0.25) is 0 Å². The van der Waals surface area contributed by atoms with Gasteiger partial charge in [-0.05, 0) is 18.6 Å². The maximum Gasteiger partial charge on any atom is 0.337 e. The van der Waals surface area contributed by atoms with Gasteiger partial charge in [-0.3, -0.25) is 0 Å². The zero-order chi connectivity index (χ0) is 17.4. The predicted molar refractivity (Wildman–Crippen MR) is 98.2 cm³/mol. The molecule has 0 radical (unpaired) electrons. The van der Waals surface area contributed by atoms with Crippen LogP contribution in [0.1, 0.15) is 19.0 Å². The molecule has 0 fully saturated rings. The number of aliphatic hydroxyl groups is 1. The first kappa shape index (κ1) is 15.5. The van der Waals surface area contributed by atoms with Gasteiger partial charge in [0.1, 0.15) is 5.76 Å². The number of aromatic nitrogens is 1. The highest BCUT2D eigenvalue weighted by Gasteiger charge is 2.29. The van der Waals surface area contributed by atoms with Gasteiger partial charge in [0.15, 0.2) is 0 Å². The van der Waals surface area contributed by atoms with Crippen LogP contribution in [-0.2, 0) is 16.1 Å². The van der Waals surface area contributed by atoms with E-state index in [0.717, 1.165) is 22.0 Å². The predicted octanol–water partition coefficient (Wildman–Crippen LogP) is 4.54. The lowest BCUT2D eigenvalue weighted by Crippen LogP contribution is -2.18. The minimum atomic E-state index is -0.435. The van der Waals surface area contributed by atoms with Crippen molar-refractivity contribution in [1.29, 1.82) is 0 Å². The van der Waals surface area contributed by atoms with Crippen molar-refractivity contribution in [3.63, 3.8) is 0 Å². The van der Waals surface area contributed by atoms with Crippen LogP contribution in [-0.4, -0.2) is 22.2 Å². The van der Waals surface area contributed by atoms with Crippen LogP contribution < -0.4 is 0 Å². The molecular formula is C21H19NO3. The van der Waals surface area contributed by atoms with E-state index in [2.05, 4.69) is 10.6 Å². The molecule has 0 saturated heterocycles. The molecule has 3 aromatic rings. The van der Waals surface area contributed by atoms with Gasteiger partial charge in [0, 0.05) is 29.4 Å². The van der Waals surface area contributed by atoms with Gasteiger partial charge in [-0.2, -0.15) is 0 Å². The van der Waals surface area contributed by atoms with Gasteiger partial charge in [0.25, 0.3) is 0 Å². The van der Waals surface area contributed by atoms with E-state index in [1.807, 2.05) is 48.5 Å². The van der Waals surface area contributed by atoms with E-state index in [0.29, 0.717) is 30.8 Å². The number of carbonyl (C=O) groups is 1. The molecular weight excluding hydrogens is 314 g/mol. The zero-order valence-corrected chi connectivity index (χ0v) is 14.0. The SMILES string of the molecule is CCOC(=O)C1=C(O)c2c(-c3ccccc3)c3ccccc3n2CC1. The number of carbonyl (C=O) groups excluding carboxylic acids is 1. The van der Waals surface area contributed by atoms with Crippen molar-refractivity contribution in [2.45, 2.75) is 19.9 Å². The van der Waals surface area contributed by atoms with E-state index >= 15 is 0 Å². The van der Waals surface area contributed by atoms with Crippen molar-refractivity contribution < 1.29 is 14.6 Å². The number of nitrogens with zero attached hydrogens (tertiary/aromatic N) is 1. The van der Waals surface area contributed by atoms with Crippen molar-refractivity contribution in [2.24, 2.45) is 0 Å². The Balaban J connectivity index is 2.03. The maximum atomic E-state index is 12.2. The lowest BCUT2D eigenvalue weighted by Gasteiger charge is -2.20. The quantitative estimate of drug-likeness (QED) is 0.716. The van der Waals surface area contributed by atoms with E-state index in [4.69, 9.17) is 4.74 Å². The number of fused-ring (bicyclic) bond motifs is 3. The molecule has 2 heterocycles. The van der Waals surface area contributed by atoms with Crippen molar-refractivity contribution in [2.75, 3.05) is 6.61 Å². The number of rotatable bonds is 3. The second-order valence-corrected chi connectivity index (χ2v) is 6.06. The molecule has 0 amide bonds. The highest BCUT2D eigenvalue weighted by molar-refractivity contribution is 6.05. The van der Waals surface area contributed by atoms with Gasteiger partial charge >= 0.3 is 5.97 Å². The van der Waals surface area contributed by atoms with Crippen molar-refractivity contribution in [1.82, 2.24) is 4.57 Å². The smallest absolute Gasteiger partial charge is 0.337 e. The molecule has 2 aromatic carbocycles. The van der Waals surface area contributed by atoms with Crippen LogP contribution in [0.5, 0.6) is 0 Å². The van der Waals surface area contributed by atoms with Crippen LogP contribution in [0.15, 0.2) is 60.2 Å². The highest BCUT2D eigenvalue weighted by atomic mass is 16.5. The molecule has 1 aliphatic rings. The summed E-state index contributed by atoms with van der Waals surface area (Å²) in [5.74, 6) is -0.407. The minimum Gasteiger partial charge on any atom is -0.505 e.